The number of nitrogen functional groups attached to an aromatic ring is 1. The van der Waals surface area contributed by atoms with Crippen LogP contribution in [0.1, 0.15) is 17.6 Å². The Morgan fingerprint density at radius 1 is 1.14 bits per heavy atom. The van der Waals surface area contributed by atoms with E-state index in [0.29, 0.717) is 0 Å². The quantitative estimate of drug-likeness (QED) is 0.869. The smallest absolute Gasteiger partial charge is 0.220 e. The van der Waals surface area contributed by atoms with Crippen LogP contribution in [-0.4, -0.2) is 24.2 Å². The molecule has 1 unspecified atom stereocenters. The molecule has 0 spiro atoms. The Kier molecular flexibility index (Phi) is 4.69. The van der Waals surface area contributed by atoms with Crippen LogP contribution in [0.2, 0.25) is 10.0 Å². The SMILES string of the molecule is COc1cc(OC)nc(C(F)c2ccc(Cl)c(Cl)c2N)n1. The molecule has 1 atom stereocenters. The lowest BCUT2D eigenvalue weighted by Crippen LogP contribution is -2.07. The van der Waals surface area contributed by atoms with Crippen LogP contribution in [0.5, 0.6) is 11.8 Å². The Morgan fingerprint density at radius 3 is 2.24 bits per heavy atom. The molecule has 2 aromatic rings. The highest BCUT2D eigenvalue weighted by Crippen LogP contribution is 2.37. The molecule has 5 nitrogen and oxygen atoms in total. The van der Waals surface area contributed by atoms with Crippen LogP contribution in [0.25, 0.3) is 0 Å². The fourth-order valence-corrected chi connectivity index (χ4v) is 2.02. The van der Waals surface area contributed by atoms with Gasteiger partial charge in [-0.25, -0.2) is 4.39 Å². The van der Waals surface area contributed by atoms with Crippen LogP contribution in [0.3, 0.4) is 0 Å². The minimum atomic E-state index is -1.69. The number of ether oxygens (including phenoxy) is 2. The van der Waals surface area contributed by atoms with Gasteiger partial charge in [0.05, 0.1) is 36.0 Å². The van der Waals surface area contributed by atoms with E-state index in [1.807, 2.05) is 0 Å². The van der Waals surface area contributed by atoms with E-state index in [1.54, 1.807) is 0 Å². The predicted octanol–water partition coefficient (Wildman–Crippen LogP) is 3.44. The summed E-state index contributed by atoms with van der Waals surface area (Å²) in [5, 5.41) is 0.334. The summed E-state index contributed by atoms with van der Waals surface area (Å²) in [6.45, 7) is 0. The maximum Gasteiger partial charge on any atom is 0.220 e. The Hall–Kier alpha value is -1.79. The molecule has 0 saturated heterocycles. The van der Waals surface area contributed by atoms with Crippen LogP contribution in [0, 0.1) is 0 Å². The molecule has 0 radical (unpaired) electrons. The summed E-state index contributed by atoms with van der Waals surface area (Å²) in [5.41, 5.74) is 5.96. The highest BCUT2D eigenvalue weighted by molar-refractivity contribution is 6.43. The molecule has 1 aromatic heterocycles. The number of hydrogen-bond donors (Lipinski definition) is 1. The first-order chi connectivity index (χ1) is 9.97. The van der Waals surface area contributed by atoms with Crippen molar-refractivity contribution in [3.8, 4) is 11.8 Å². The number of anilines is 1. The molecule has 112 valence electrons. The molecule has 0 saturated carbocycles. The molecule has 2 rings (SSSR count). The average molecular weight is 332 g/mol. The fraction of sp³-hybridized carbons (Fsp3) is 0.231. The lowest BCUT2D eigenvalue weighted by molar-refractivity contribution is 0.341. The predicted molar refractivity (Wildman–Crippen MR) is 79.0 cm³/mol. The van der Waals surface area contributed by atoms with E-state index >= 15 is 0 Å². The molecule has 1 heterocycles. The number of methoxy groups -OCH3 is 2. The number of aromatic nitrogens is 2. The molecule has 2 N–H and O–H groups in total. The molecule has 0 aliphatic rings. The third-order valence-corrected chi connectivity index (χ3v) is 3.60. The Bertz CT molecular complexity index is 648. The monoisotopic (exact) mass is 331 g/mol. The van der Waals surface area contributed by atoms with Crippen molar-refractivity contribution in [1.82, 2.24) is 9.97 Å². The molecular weight excluding hydrogens is 320 g/mol. The summed E-state index contributed by atoms with van der Waals surface area (Å²) < 4.78 is 24.6. The first-order valence-corrected chi connectivity index (χ1v) is 6.58. The third kappa shape index (κ3) is 3.11. The van der Waals surface area contributed by atoms with E-state index in [-0.39, 0.29) is 38.9 Å². The standard InChI is InChI=1S/C13H12Cl2FN3O2/c1-20-8-5-9(21-2)19-13(18-8)11(16)6-3-4-7(14)10(15)12(6)17/h3-5,11H,17H2,1-2H3. The summed E-state index contributed by atoms with van der Waals surface area (Å²) in [6, 6.07) is 4.33. The zero-order valence-electron chi connectivity index (χ0n) is 11.2. The second kappa shape index (κ2) is 6.32. The summed E-state index contributed by atoms with van der Waals surface area (Å²) in [6.07, 6.45) is -1.69. The van der Waals surface area contributed by atoms with E-state index < -0.39 is 6.17 Å². The van der Waals surface area contributed by atoms with Crippen molar-refractivity contribution in [3.63, 3.8) is 0 Å². The third-order valence-electron chi connectivity index (χ3n) is 2.78. The van der Waals surface area contributed by atoms with Gasteiger partial charge >= 0.3 is 0 Å². The van der Waals surface area contributed by atoms with Crippen molar-refractivity contribution in [2.45, 2.75) is 6.17 Å². The van der Waals surface area contributed by atoms with Gasteiger partial charge in [0.15, 0.2) is 12.0 Å². The maximum absolute atomic E-state index is 14.7. The van der Waals surface area contributed by atoms with Gasteiger partial charge in [0.2, 0.25) is 11.8 Å². The molecular formula is C13H12Cl2FN3O2. The van der Waals surface area contributed by atoms with E-state index in [4.69, 9.17) is 38.4 Å². The van der Waals surface area contributed by atoms with Crippen molar-refractivity contribution in [3.05, 3.63) is 39.6 Å². The van der Waals surface area contributed by atoms with Gasteiger partial charge in [0.1, 0.15) is 0 Å². The average Bonchev–Trinajstić information content (AvgIpc) is 2.51. The molecule has 0 aliphatic heterocycles. The van der Waals surface area contributed by atoms with Crippen LogP contribution in [0.15, 0.2) is 18.2 Å². The number of halogens is 3. The van der Waals surface area contributed by atoms with Crippen molar-refractivity contribution < 1.29 is 13.9 Å². The second-order valence-electron chi connectivity index (χ2n) is 4.04. The molecule has 0 aliphatic carbocycles. The first kappa shape index (κ1) is 15.6. The first-order valence-electron chi connectivity index (χ1n) is 5.82. The minimum Gasteiger partial charge on any atom is -0.481 e. The van der Waals surface area contributed by atoms with Gasteiger partial charge in [-0.15, -0.1) is 0 Å². The zero-order valence-corrected chi connectivity index (χ0v) is 12.7. The van der Waals surface area contributed by atoms with E-state index in [1.165, 1.54) is 32.4 Å². The van der Waals surface area contributed by atoms with Gasteiger partial charge in [0, 0.05) is 5.56 Å². The molecule has 21 heavy (non-hydrogen) atoms. The van der Waals surface area contributed by atoms with E-state index in [2.05, 4.69) is 9.97 Å². The van der Waals surface area contributed by atoms with Gasteiger partial charge in [-0.2, -0.15) is 9.97 Å². The zero-order chi connectivity index (χ0) is 15.6. The van der Waals surface area contributed by atoms with Crippen molar-refractivity contribution in [2.75, 3.05) is 20.0 Å². The highest BCUT2D eigenvalue weighted by atomic mass is 35.5. The minimum absolute atomic E-state index is 0.0436. The number of alkyl halides is 1. The van der Waals surface area contributed by atoms with Crippen LogP contribution >= 0.6 is 23.2 Å². The lowest BCUT2D eigenvalue weighted by atomic mass is 10.1. The summed E-state index contributed by atoms with van der Waals surface area (Å²) in [4.78, 5) is 7.90. The number of hydrogen-bond acceptors (Lipinski definition) is 5. The number of nitrogens with two attached hydrogens (primary N) is 1. The van der Waals surface area contributed by atoms with Crippen molar-refractivity contribution >= 4 is 28.9 Å². The lowest BCUT2D eigenvalue weighted by Gasteiger charge is -2.13. The molecule has 1 aromatic carbocycles. The Morgan fingerprint density at radius 2 is 1.71 bits per heavy atom. The summed E-state index contributed by atoms with van der Waals surface area (Å²) in [5.74, 6) is 0.215. The van der Waals surface area contributed by atoms with Gasteiger partial charge in [-0.3, -0.25) is 0 Å². The number of benzene rings is 1. The summed E-state index contributed by atoms with van der Waals surface area (Å²) in [7, 11) is 2.82. The van der Waals surface area contributed by atoms with E-state index in [9.17, 15) is 4.39 Å². The number of nitrogens with zero attached hydrogens (tertiary/aromatic N) is 2. The van der Waals surface area contributed by atoms with Crippen LogP contribution in [0.4, 0.5) is 10.1 Å². The fourth-order valence-electron chi connectivity index (χ4n) is 1.68. The number of rotatable bonds is 4. The van der Waals surface area contributed by atoms with Crippen molar-refractivity contribution in [1.29, 1.82) is 0 Å². The Labute approximate surface area is 130 Å². The van der Waals surface area contributed by atoms with Crippen LogP contribution < -0.4 is 15.2 Å². The van der Waals surface area contributed by atoms with Gasteiger partial charge in [-0.1, -0.05) is 29.3 Å². The normalized spacial score (nSPS) is 12.0. The maximum atomic E-state index is 14.7. The summed E-state index contributed by atoms with van der Waals surface area (Å²) >= 11 is 11.7. The molecule has 0 fully saturated rings. The highest BCUT2D eigenvalue weighted by Gasteiger charge is 2.22. The molecule has 0 bridgehead atoms. The molecule has 8 heteroatoms. The second-order valence-corrected chi connectivity index (χ2v) is 4.82. The van der Waals surface area contributed by atoms with Gasteiger partial charge in [-0.05, 0) is 6.07 Å². The van der Waals surface area contributed by atoms with E-state index in [0.717, 1.165) is 0 Å². The topological polar surface area (TPSA) is 70.3 Å². The van der Waals surface area contributed by atoms with Gasteiger partial charge in [0.25, 0.3) is 0 Å². The molecule has 0 amide bonds. The van der Waals surface area contributed by atoms with Gasteiger partial charge < -0.3 is 15.2 Å². The largest absolute Gasteiger partial charge is 0.481 e. The van der Waals surface area contributed by atoms with Crippen LogP contribution in [-0.2, 0) is 0 Å². The Balaban J connectivity index is 2.49. The van der Waals surface area contributed by atoms with Crippen molar-refractivity contribution in [2.24, 2.45) is 0 Å².